The van der Waals surface area contributed by atoms with Gasteiger partial charge in [-0.05, 0) is 55.0 Å². The minimum atomic E-state index is -0.190. The van der Waals surface area contributed by atoms with Crippen LogP contribution in [-0.4, -0.2) is 41.7 Å². The van der Waals surface area contributed by atoms with Crippen LogP contribution in [0.4, 0.5) is 0 Å². The Balaban J connectivity index is 1.56. The molecule has 0 atom stereocenters. The summed E-state index contributed by atoms with van der Waals surface area (Å²) in [5, 5.41) is 3.97. The van der Waals surface area contributed by atoms with Crippen molar-refractivity contribution in [2.24, 2.45) is 0 Å². The maximum Gasteiger partial charge on any atom is 0.260 e. The van der Waals surface area contributed by atoms with E-state index in [1.807, 2.05) is 49.4 Å². The summed E-state index contributed by atoms with van der Waals surface area (Å²) >= 11 is 3.44. The minimum Gasteiger partial charge on any atom is -0.497 e. The number of rotatable bonds is 7. The molecular weight excluding hydrogens is 426 g/mol. The summed E-state index contributed by atoms with van der Waals surface area (Å²) in [5.41, 5.74) is 1.84. The van der Waals surface area contributed by atoms with Crippen LogP contribution >= 0.6 is 15.9 Å². The number of aryl methyl sites for hydroxylation is 1. The molecule has 3 rings (SSSR count). The van der Waals surface area contributed by atoms with Gasteiger partial charge in [-0.25, -0.2) is 0 Å². The van der Waals surface area contributed by atoms with Crippen molar-refractivity contribution >= 4 is 21.8 Å². The first-order chi connectivity index (χ1) is 13.5. The van der Waals surface area contributed by atoms with Gasteiger partial charge in [-0.1, -0.05) is 21.1 Å². The number of carbonyl (C=O) groups is 1. The summed E-state index contributed by atoms with van der Waals surface area (Å²) < 4.78 is 17.0. The minimum absolute atomic E-state index is 0.0724. The van der Waals surface area contributed by atoms with Crippen molar-refractivity contribution in [2.75, 3.05) is 20.8 Å². The molecule has 146 valence electrons. The first-order valence-electron chi connectivity index (χ1n) is 8.56. The molecular formula is C20H20BrN3O4. The number of halogens is 1. The van der Waals surface area contributed by atoms with Crippen LogP contribution in [0, 0.1) is 6.92 Å². The predicted molar refractivity (Wildman–Crippen MR) is 107 cm³/mol. The fourth-order valence-electron chi connectivity index (χ4n) is 2.43. The quantitative estimate of drug-likeness (QED) is 0.549. The molecule has 7 nitrogen and oxygen atoms in total. The molecule has 28 heavy (non-hydrogen) atoms. The standard InChI is InChI=1S/C20H20BrN3O4/c1-13-10-16(8-9-17(13)21)27-12-19(25)24(2)11-18-22-20(23-28-18)14-4-6-15(26-3)7-5-14/h4-10H,11-12H2,1-3H3. The van der Waals surface area contributed by atoms with Gasteiger partial charge in [-0.2, -0.15) is 4.98 Å². The lowest BCUT2D eigenvalue weighted by atomic mass is 10.2. The van der Waals surface area contributed by atoms with E-state index < -0.39 is 0 Å². The molecule has 0 radical (unpaired) electrons. The van der Waals surface area contributed by atoms with E-state index in [0.717, 1.165) is 21.3 Å². The van der Waals surface area contributed by atoms with E-state index in [0.29, 0.717) is 17.5 Å². The molecule has 8 heteroatoms. The Morgan fingerprint density at radius 1 is 1.18 bits per heavy atom. The molecule has 0 aliphatic rings. The molecule has 0 bridgehead atoms. The second-order valence-electron chi connectivity index (χ2n) is 6.19. The molecule has 1 heterocycles. The summed E-state index contributed by atoms with van der Waals surface area (Å²) in [4.78, 5) is 18.1. The van der Waals surface area contributed by atoms with Crippen LogP contribution in [0.3, 0.4) is 0 Å². The van der Waals surface area contributed by atoms with E-state index in [1.165, 1.54) is 4.90 Å². The zero-order valence-corrected chi connectivity index (χ0v) is 17.4. The van der Waals surface area contributed by atoms with Crippen molar-refractivity contribution in [3.63, 3.8) is 0 Å². The van der Waals surface area contributed by atoms with Gasteiger partial charge in [-0.15, -0.1) is 0 Å². The Bertz CT molecular complexity index is 956. The highest BCUT2D eigenvalue weighted by atomic mass is 79.9. The molecule has 0 aliphatic carbocycles. The van der Waals surface area contributed by atoms with Gasteiger partial charge < -0.3 is 18.9 Å². The summed E-state index contributed by atoms with van der Waals surface area (Å²) in [6.07, 6.45) is 0. The lowest BCUT2D eigenvalue weighted by Crippen LogP contribution is -2.31. The second kappa shape index (κ2) is 8.88. The normalized spacial score (nSPS) is 10.6. The first kappa shape index (κ1) is 19.9. The van der Waals surface area contributed by atoms with Crippen molar-refractivity contribution < 1.29 is 18.8 Å². The first-order valence-corrected chi connectivity index (χ1v) is 9.35. The van der Waals surface area contributed by atoms with Crippen molar-refractivity contribution in [3.8, 4) is 22.9 Å². The number of hydrogen-bond donors (Lipinski definition) is 0. The monoisotopic (exact) mass is 445 g/mol. The second-order valence-corrected chi connectivity index (χ2v) is 7.04. The molecule has 0 fully saturated rings. The largest absolute Gasteiger partial charge is 0.497 e. The summed E-state index contributed by atoms with van der Waals surface area (Å²) in [6.45, 7) is 2.09. The number of nitrogens with zero attached hydrogens (tertiary/aromatic N) is 3. The third-order valence-electron chi connectivity index (χ3n) is 4.11. The Morgan fingerprint density at radius 2 is 1.89 bits per heavy atom. The Morgan fingerprint density at radius 3 is 2.57 bits per heavy atom. The van der Waals surface area contributed by atoms with Crippen LogP contribution in [0.15, 0.2) is 51.5 Å². The van der Waals surface area contributed by atoms with Crippen molar-refractivity contribution in [1.29, 1.82) is 0 Å². The van der Waals surface area contributed by atoms with E-state index in [1.54, 1.807) is 14.2 Å². The number of likely N-dealkylation sites (N-methyl/N-ethyl adjacent to an activating group) is 1. The molecule has 3 aromatic rings. The van der Waals surface area contributed by atoms with E-state index in [9.17, 15) is 4.79 Å². The van der Waals surface area contributed by atoms with Crippen LogP contribution in [0.5, 0.6) is 11.5 Å². The molecule has 1 aromatic heterocycles. The summed E-state index contributed by atoms with van der Waals surface area (Å²) in [7, 11) is 3.27. The number of methoxy groups -OCH3 is 1. The van der Waals surface area contributed by atoms with Crippen LogP contribution in [0.1, 0.15) is 11.5 Å². The zero-order chi connectivity index (χ0) is 20.1. The molecule has 2 aromatic carbocycles. The Labute approximate surface area is 171 Å². The number of carbonyl (C=O) groups excluding carboxylic acids is 1. The van der Waals surface area contributed by atoms with Gasteiger partial charge in [0, 0.05) is 17.1 Å². The number of amides is 1. The van der Waals surface area contributed by atoms with Gasteiger partial charge in [0.2, 0.25) is 11.7 Å². The Hall–Kier alpha value is -2.87. The van der Waals surface area contributed by atoms with Crippen LogP contribution in [0.25, 0.3) is 11.4 Å². The number of benzene rings is 2. The molecule has 0 N–H and O–H groups in total. The van der Waals surface area contributed by atoms with Gasteiger partial charge in [0.1, 0.15) is 11.5 Å². The van der Waals surface area contributed by atoms with Crippen molar-refractivity contribution in [2.45, 2.75) is 13.5 Å². The number of ether oxygens (including phenoxy) is 2. The zero-order valence-electron chi connectivity index (χ0n) is 15.8. The lowest BCUT2D eigenvalue weighted by molar-refractivity contribution is -0.132. The Kier molecular flexibility index (Phi) is 6.30. The third-order valence-corrected chi connectivity index (χ3v) is 5.00. The summed E-state index contributed by atoms with van der Waals surface area (Å²) in [5.74, 6) is 2.01. The van der Waals surface area contributed by atoms with Gasteiger partial charge in [0.15, 0.2) is 6.61 Å². The molecule has 0 spiro atoms. The van der Waals surface area contributed by atoms with Crippen LogP contribution in [-0.2, 0) is 11.3 Å². The SMILES string of the molecule is COc1ccc(-c2noc(CN(C)C(=O)COc3ccc(Br)c(C)c3)n2)cc1. The topological polar surface area (TPSA) is 77.7 Å². The lowest BCUT2D eigenvalue weighted by Gasteiger charge is -2.15. The molecule has 0 saturated heterocycles. The fraction of sp³-hybridized carbons (Fsp3) is 0.250. The van der Waals surface area contributed by atoms with Gasteiger partial charge in [0.25, 0.3) is 5.91 Å². The summed E-state index contributed by atoms with van der Waals surface area (Å²) in [6, 6.07) is 12.9. The number of aromatic nitrogens is 2. The number of hydrogen-bond acceptors (Lipinski definition) is 6. The van der Waals surface area contributed by atoms with Crippen LogP contribution < -0.4 is 9.47 Å². The molecule has 0 saturated carbocycles. The van der Waals surface area contributed by atoms with E-state index >= 15 is 0 Å². The molecule has 0 aliphatic heterocycles. The van der Waals surface area contributed by atoms with Crippen LogP contribution in [0.2, 0.25) is 0 Å². The highest BCUT2D eigenvalue weighted by Crippen LogP contribution is 2.22. The van der Waals surface area contributed by atoms with E-state index in [-0.39, 0.29) is 19.1 Å². The smallest absolute Gasteiger partial charge is 0.260 e. The van der Waals surface area contributed by atoms with E-state index in [4.69, 9.17) is 14.0 Å². The maximum atomic E-state index is 12.3. The van der Waals surface area contributed by atoms with Crippen molar-refractivity contribution in [1.82, 2.24) is 15.0 Å². The predicted octanol–water partition coefficient (Wildman–Crippen LogP) is 3.85. The maximum absolute atomic E-state index is 12.3. The molecule has 0 unspecified atom stereocenters. The fourth-order valence-corrected chi connectivity index (χ4v) is 2.68. The molecule has 1 amide bonds. The van der Waals surface area contributed by atoms with E-state index in [2.05, 4.69) is 26.1 Å². The highest BCUT2D eigenvalue weighted by molar-refractivity contribution is 9.10. The van der Waals surface area contributed by atoms with Gasteiger partial charge in [-0.3, -0.25) is 4.79 Å². The van der Waals surface area contributed by atoms with Crippen molar-refractivity contribution in [3.05, 3.63) is 58.4 Å². The average molecular weight is 446 g/mol. The van der Waals surface area contributed by atoms with Gasteiger partial charge >= 0.3 is 0 Å². The third kappa shape index (κ3) is 4.89. The average Bonchev–Trinajstić information content (AvgIpc) is 3.17. The highest BCUT2D eigenvalue weighted by Gasteiger charge is 2.15. The van der Waals surface area contributed by atoms with Gasteiger partial charge in [0.05, 0.1) is 13.7 Å².